The van der Waals surface area contributed by atoms with Gasteiger partial charge in [0.2, 0.25) is 0 Å². The third-order valence-electron chi connectivity index (χ3n) is 3.53. The number of nitrogens with one attached hydrogen (secondary N) is 1. The van der Waals surface area contributed by atoms with E-state index in [2.05, 4.69) is 17.2 Å². The molecule has 3 N–H and O–H groups in total. The van der Waals surface area contributed by atoms with Gasteiger partial charge in [0.1, 0.15) is 9.71 Å². The van der Waals surface area contributed by atoms with Crippen LogP contribution in [0.3, 0.4) is 0 Å². The fraction of sp³-hybridized carbons (Fsp3) is 0.500. The summed E-state index contributed by atoms with van der Waals surface area (Å²) in [5.74, 6) is -0.0796. The molecule has 0 bridgehead atoms. The van der Waals surface area contributed by atoms with Gasteiger partial charge in [-0.05, 0) is 18.6 Å². The van der Waals surface area contributed by atoms with Gasteiger partial charge < -0.3 is 11.1 Å². The van der Waals surface area contributed by atoms with Crippen molar-refractivity contribution >= 4 is 33.1 Å². The van der Waals surface area contributed by atoms with Crippen LogP contribution in [0.15, 0.2) is 18.3 Å². The molecule has 0 spiro atoms. The summed E-state index contributed by atoms with van der Waals surface area (Å²) >= 11 is 1.36. The number of amides is 1. The molecule has 0 unspecified atom stereocenters. The lowest BCUT2D eigenvalue weighted by molar-refractivity contribution is 0.0958. The second-order valence-electron chi connectivity index (χ2n) is 5.22. The molecule has 0 atom stereocenters. The summed E-state index contributed by atoms with van der Waals surface area (Å²) in [6.45, 7) is 2.93. The summed E-state index contributed by atoms with van der Waals surface area (Å²) < 4.78 is 0. The molecule has 0 fully saturated rings. The Labute approximate surface area is 129 Å². The first-order valence-corrected chi connectivity index (χ1v) is 8.47. The van der Waals surface area contributed by atoms with Gasteiger partial charge in [0, 0.05) is 18.1 Å². The topological polar surface area (TPSA) is 68.0 Å². The molecule has 2 aromatic heterocycles. The van der Waals surface area contributed by atoms with Gasteiger partial charge >= 0.3 is 0 Å². The molecule has 2 aromatic rings. The zero-order chi connectivity index (χ0) is 15.1. The Morgan fingerprint density at radius 1 is 1.29 bits per heavy atom. The summed E-state index contributed by atoms with van der Waals surface area (Å²) in [5, 5.41) is 3.82. The smallest absolute Gasteiger partial charge is 0.263 e. The summed E-state index contributed by atoms with van der Waals surface area (Å²) in [6, 6.07) is 3.74. The Hall–Kier alpha value is -1.62. The number of anilines is 1. The predicted octanol–water partition coefficient (Wildman–Crippen LogP) is 3.97. The van der Waals surface area contributed by atoms with E-state index in [0.29, 0.717) is 17.1 Å². The number of hydrogen-bond acceptors (Lipinski definition) is 4. The largest absolute Gasteiger partial charge is 0.397 e. The van der Waals surface area contributed by atoms with Crippen LogP contribution in [0.5, 0.6) is 0 Å². The number of hydrogen-bond donors (Lipinski definition) is 2. The van der Waals surface area contributed by atoms with E-state index in [4.69, 9.17) is 5.73 Å². The number of pyridine rings is 1. The summed E-state index contributed by atoms with van der Waals surface area (Å²) in [5.41, 5.74) is 6.58. The highest BCUT2D eigenvalue weighted by atomic mass is 32.1. The van der Waals surface area contributed by atoms with Crippen LogP contribution in [0.25, 0.3) is 10.2 Å². The number of nitrogen functional groups attached to an aromatic ring is 1. The van der Waals surface area contributed by atoms with Crippen LogP contribution in [0.4, 0.5) is 5.69 Å². The zero-order valence-electron chi connectivity index (χ0n) is 12.5. The molecule has 0 saturated carbocycles. The van der Waals surface area contributed by atoms with E-state index in [1.54, 1.807) is 6.20 Å². The molecule has 21 heavy (non-hydrogen) atoms. The minimum atomic E-state index is -0.0796. The number of nitrogens with two attached hydrogens (primary N) is 1. The molecule has 0 aliphatic carbocycles. The van der Waals surface area contributed by atoms with Gasteiger partial charge in [0.05, 0.1) is 5.69 Å². The molecule has 0 saturated heterocycles. The second-order valence-corrected chi connectivity index (χ2v) is 6.22. The minimum absolute atomic E-state index is 0.0796. The number of nitrogens with zero attached hydrogens (tertiary/aromatic N) is 1. The maximum atomic E-state index is 12.2. The zero-order valence-corrected chi connectivity index (χ0v) is 13.3. The highest BCUT2D eigenvalue weighted by Gasteiger charge is 2.16. The van der Waals surface area contributed by atoms with Gasteiger partial charge in [0.15, 0.2) is 0 Å². The van der Waals surface area contributed by atoms with Crippen molar-refractivity contribution in [3.05, 3.63) is 23.2 Å². The molecule has 1 amide bonds. The number of fused-ring (bicyclic) bond motifs is 1. The lowest BCUT2D eigenvalue weighted by atomic mass is 10.1. The fourth-order valence-electron chi connectivity index (χ4n) is 2.31. The van der Waals surface area contributed by atoms with Crippen molar-refractivity contribution in [2.45, 2.75) is 45.4 Å². The number of thiophene rings is 1. The normalized spacial score (nSPS) is 10.9. The Balaban J connectivity index is 1.81. The van der Waals surface area contributed by atoms with Crippen molar-refractivity contribution in [3.8, 4) is 0 Å². The molecule has 2 rings (SSSR count). The summed E-state index contributed by atoms with van der Waals surface area (Å²) in [4.78, 5) is 17.8. The Kier molecular flexibility index (Phi) is 5.99. The minimum Gasteiger partial charge on any atom is -0.397 e. The van der Waals surface area contributed by atoms with E-state index in [9.17, 15) is 4.79 Å². The molecular weight excluding hydrogens is 282 g/mol. The lowest BCUT2D eigenvalue weighted by Crippen LogP contribution is -2.24. The van der Waals surface area contributed by atoms with E-state index >= 15 is 0 Å². The number of rotatable bonds is 8. The van der Waals surface area contributed by atoms with Crippen molar-refractivity contribution in [1.29, 1.82) is 0 Å². The molecule has 114 valence electrons. The van der Waals surface area contributed by atoms with Crippen molar-refractivity contribution in [3.63, 3.8) is 0 Å². The Morgan fingerprint density at radius 3 is 2.81 bits per heavy atom. The Morgan fingerprint density at radius 2 is 2.05 bits per heavy atom. The maximum Gasteiger partial charge on any atom is 0.263 e. The van der Waals surface area contributed by atoms with Crippen LogP contribution in [-0.4, -0.2) is 17.4 Å². The average molecular weight is 305 g/mol. The number of carbonyl (C=O) groups is 1. The van der Waals surface area contributed by atoms with Crippen molar-refractivity contribution in [2.24, 2.45) is 0 Å². The molecule has 5 heteroatoms. The molecule has 0 aliphatic heterocycles. The van der Waals surface area contributed by atoms with Crippen LogP contribution in [0, 0.1) is 0 Å². The maximum absolute atomic E-state index is 12.2. The van der Waals surface area contributed by atoms with E-state index < -0.39 is 0 Å². The van der Waals surface area contributed by atoms with E-state index in [0.717, 1.165) is 16.6 Å². The van der Waals surface area contributed by atoms with Crippen molar-refractivity contribution < 1.29 is 4.79 Å². The quantitative estimate of drug-likeness (QED) is 0.725. The highest BCUT2D eigenvalue weighted by Crippen LogP contribution is 2.31. The first-order valence-electron chi connectivity index (χ1n) is 7.65. The van der Waals surface area contributed by atoms with Crippen LogP contribution < -0.4 is 11.1 Å². The second kappa shape index (κ2) is 7.98. The van der Waals surface area contributed by atoms with Gasteiger partial charge in [-0.3, -0.25) is 4.79 Å². The third kappa shape index (κ3) is 4.17. The van der Waals surface area contributed by atoms with Crippen molar-refractivity contribution in [1.82, 2.24) is 10.3 Å². The monoisotopic (exact) mass is 305 g/mol. The lowest BCUT2D eigenvalue weighted by Gasteiger charge is -2.04. The highest BCUT2D eigenvalue weighted by molar-refractivity contribution is 7.21. The van der Waals surface area contributed by atoms with Crippen LogP contribution in [0.1, 0.15) is 55.1 Å². The van der Waals surface area contributed by atoms with Crippen LogP contribution >= 0.6 is 11.3 Å². The van der Waals surface area contributed by atoms with E-state index in [-0.39, 0.29) is 5.91 Å². The first kappa shape index (κ1) is 15.8. The van der Waals surface area contributed by atoms with E-state index in [1.807, 2.05) is 12.1 Å². The standard InChI is InChI=1S/C16H23N3OS/c1-2-3-4-5-6-7-10-18-15(20)14-13(17)12-9-8-11-19-16(12)21-14/h8-9,11H,2-7,10,17H2,1H3,(H,18,20). The first-order chi connectivity index (χ1) is 10.2. The SMILES string of the molecule is CCCCCCCCNC(=O)c1sc2ncccc2c1N. The molecule has 2 heterocycles. The van der Waals surface area contributed by atoms with Gasteiger partial charge in [0.25, 0.3) is 5.91 Å². The summed E-state index contributed by atoms with van der Waals surface area (Å²) in [7, 11) is 0. The van der Waals surface area contributed by atoms with Crippen LogP contribution in [0.2, 0.25) is 0 Å². The average Bonchev–Trinajstić information content (AvgIpc) is 2.84. The van der Waals surface area contributed by atoms with Crippen LogP contribution in [-0.2, 0) is 0 Å². The molecule has 0 aromatic carbocycles. The Bertz CT molecular complexity index is 594. The molecule has 0 aliphatic rings. The van der Waals surface area contributed by atoms with Gasteiger partial charge in [-0.1, -0.05) is 39.0 Å². The number of aromatic nitrogens is 1. The van der Waals surface area contributed by atoms with Gasteiger partial charge in [-0.2, -0.15) is 0 Å². The summed E-state index contributed by atoms with van der Waals surface area (Å²) in [6.07, 6.45) is 9.02. The molecular formula is C16H23N3OS. The van der Waals surface area contributed by atoms with Gasteiger partial charge in [-0.25, -0.2) is 4.98 Å². The van der Waals surface area contributed by atoms with E-state index in [1.165, 1.54) is 43.4 Å². The number of unbranched alkanes of at least 4 members (excludes halogenated alkanes) is 5. The molecule has 0 radical (unpaired) electrons. The van der Waals surface area contributed by atoms with Crippen molar-refractivity contribution in [2.75, 3.05) is 12.3 Å². The number of carbonyl (C=O) groups excluding carboxylic acids is 1. The van der Waals surface area contributed by atoms with Gasteiger partial charge in [-0.15, -0.1) is 11.3 Å². The fourth-order valence-corrected chi connectivity index (χ4v) is 3.29. The predicted molar refractivity (Wildman–Crippen MR) is 89.7 cm³/mol. The molecule has 4 nitrogen and oxygen atoms in total. The third-order valence-corrected chi connectivity index (χ3v) is 4.65.